The molecular weight excluding hydrogens is 168 g/mol. The number of fused-ring (bicyclic) bond motifs is 1. The monoisotopic (exact) mass is 178 g/mol. The van der Waals surface area contributed by atoms with Gasteiger partial charge in [-0.1, -0.05) is 12.1 Å². The molecular formula is C10H10O3. The Morgan fingerprint density at radius 1 is 1.38 bits per heavy atom. The minimum Gasteiger partial charge on any atom is -0.508 e. The lowest BCUT2D eigenvalue weighted by Crippen LogP contribution is -2.17. The summed E-state index contributed by atoms with van der Waals surface area (Å²) >= 11 is 0. The van der Waals surface area contributed by atoms with E-state index in [-0.39, 0.29) is 24.4 Å². The molecule has 3 nitrogen and oxygen atoms in total. The Balaban J connectivity index is 2.54. The fraction of sp³-hybridized carbons (Fsp3) is 0.300. The van der Waals surface area contributed by atoms with E-state index in [9.17, 15) is 15.0 Å². The number of aliphatic hydroxyl groups excluding tert-OH is 1. The quantitative estimate of drug-likeness (QED) is 0.621. The van der Waals surface area contributed by atoms with Crippen molar-refractivity contribution < 1.29 is 15.0 Å². The fourth-order valence-electron chi connectivity index (χ4n) is 1.69. The van der Waals surface area contributed by atoms with Crippen molar-refractivity contribution in [3.05, 3.63) is 29.3 Å². The molecule has 1 aromatic carbocycles. The van der Waals surface area contributed by atoms with E-state index in [1.807, 2.05) is 0 Å². The normalized spacial score (nSPS) is 21.3. The van der Waals surface area contributed by atoms with Gasteiger partial charge in [0.15, 0.2) is 0 Å². The maximum Gasteiger partial charge on any atom is 0.140 e. The van der Waals surface area contributed by atoms with E-state index in [0.29, 0.717) is 11.1 Å². The number of Topliss-reactive ketones (excluding diaryl/α,β-unsaturated/α-hetero) is 1. The van der Waals surface area contributed by atoms with E-state index in [1.165, 1.54) is 6.07 Å². The number of phenolic OH excluding ortho intramolecular Hbond substituents is 1. The molecule has 0 saturated carbocycles. The maximum absolute atomic E-state index is 11.1. The van der Waals surface area contributed by atoms with E-state index in [0.717, 1.165) is 0 Å². The molecule has 2 N–H and O–H groups in total. The second kappa shape index (κ2) is 2.85. The highest BCUT2D eigenvalue weighted by molar-refractivity contribution is 5.84. The van der Waals surface area contributed by atoms with Gasteiger partial charge in [0.2, 0.25) is 0 Å². The summed E-state index contributed by atoms with van der Waals surface area (Å²) in [5.41, 5.74) is 1.26. The average Bonchev–Trinajstić information content (AvgIpc) is 2.07. The summed E-state index contributed by atoms with van der Waals surface area (Å²) in [6.45, 7) is 0. The lowest BCUT2D eigenvalue weighted by Gasteiger charge is -2.20. The van der Waals surface area contributed by atoms with E-state index < -0.39 is 6.10 Å². The largest absolute Gasteiger partial charge is 0.508 e. The van der Waals surface area contributed by atoms with Gasteiger partial charge in [0.1, 0.15) is 11.5 Å². The van der Waals surface area contributed by atoms with Crippen LogP contribution in [0.5, 0.6) is 5.75 Å². The molecule has 0 aromatic heterocycles. The van der Waals surface area contributed by atoms with Crippen molar-refractivity contribution in [2.24, 2.45) is 0 Å². The van der Waals surface area contributed by atoms with Crippen molar-refractivity contribution in [2.75, 3.05) is 0 Å². The highest BCUT2D eigenvalue weighted by atomic mass is 16.3. The van der Waals surface area contributed by atoms with Crippen molar-refractivity contribution >= 4 is 5.78 Å². The topological polar surface area (TPSA) is 57.5 Å². The summed E-state index contributed by atoms with van der Waals surface area (Å²) in [6.07, 6.45) is -0.349. The van der Waals surface area contributed by atoms with Crippen molar-refractivity contribution in [3.8, 4) is 5.75 Å². The number of benzene rings is 1. The standard InChI is InChI=1S/C10H10O3/c11-6-4-8-7(10(13)5-6)2-1-3-9(8)12/h1-3,10,12-13H,4-5H2/t10-/m0/s1. The number of aromatic hydroxyl groups is 1. The molecule has 13 heavy (non-hydrogen) atoms. The Bertz CT molecular complexity index is 357. The van der Waals surface area contributed by atoms with Gasteiger partial charge in [0, 0.05) is 18.4 Å². The van der Waals surface area contributed by atoms with Gasteiger partial charge in [0.25, 0.3) is 0 Å². The van der Waals surface area contributed by atoms with E-state index >= 15 is 0 Å². The number of aliphatic hydroxyl groups is 1. The number of carbonyl (C=O) groups excluding carboxylic acids is 1. The van der Waals surface area contributed by atoms with E-state index in [4.69, 9.17) is 0 Å². The summed E-state index contributed by atoms with van der Waals surface area (Å²) in [5.74, 6) is 0.0751. The number of hydrogen-bond donors (Lipinski definition) is 2. The molecule has 0 fully saturated rings. The Hall–Kier alpha value is -1.35. The number of ketones is 1. The molecule has 0 heterocycles. The average molecular weight is 178 g/mol. The molecule has 0 bridgehead atoms. The third-order valence-corrected chi connectivity index (χ3v) is 2.34. The van der Waals surface area contributed by atoms with E-state index in [1.54, 1.807) is 12.1 Å². The van der Waals surface area contributed by atoms with Crippen LogP contribution in [-0.4, -0.2) is 16.0 Å². The lowest BCUT2D eigenvalue weighted by molar-refractivity contribution is -0.121. The van der Waals surface area contributed by atoms with Crippen LogP contribution in [0.1, 0.15) is 23.7 Å². The van der Waals surface area contributed by atoms with Gasteiger partial charge in [-0.15, -0.1) is 0 Å². The number of hydrogen-bond acceptors (Lipinski definition) is 3. The molecule has 0 unspecified atom stereocenters. The molecule has 0 amide bonds. The first-order valence-electron chi connectivity index (χ1n) is 4.19. The van der Waals surface area contributed by atoms with Crippen molar-refractivity contribution in [3.63, 3.8) is 0 Å². The Labute approximate surface area is 75.6 Å². The zero-order valence-corrected chi connectivity index (χ0v) is 7.03. The summed E-state index contributed by atoms with van der Waals surface area (Å²) in [4.78, 5) is 11.1. The molecule has 0 radical (unpaired) electrons. The lowest BCUT2D eigenvalue weighted by atomic mass is 9.88. The van der Waals surface area contributed by atoms with Crippen LogP contribution in [0.15, 0.2) is 18.2 Å². The summed E-state index contributed by atoms with van der Waals surface area (Å²) in [5, 5.41) is 19.0. The first kappa shape index (κ1) is 8.26. The van der Waals surface area contributed by atoms with Crippen LogP contribution in [0.2, 0.25) is 0 Å². The minimum absolute atomic E-state index is 0.0264. The first-order chi connectivity index (χ1) is 6.18. The van der Waals surface area contributed by atoms with Crippen LogP contribution in [0.3, 0.4) is 0 Å². The van der Waals surface area contributed by atoms with Crippen molar-refractivity contribution in [1.82, 2.24) is 0 Å². The molecule has 3 heteroatoms. The van der Waals surface area contributed by atoms with Crippen LogP contribution in [0.4, 0.5) is 0 Å². The summed E-state index contributed by atoms with van der Waals surface area (Å²) < 4.78 is 0. The van der Waals surface area contributed by atoms with Gasteiger partial charge in [-0.3, -0.25) is 4.79 Å². The molecule has 2 rings (SSSR count). The molecule has 0 spiro atoms. The minimum atomic E-state index is -0.747. The third kappa shape index (κ3) is 1.31. The Kier molecular flexibility index (Phi) is 1.81. The van der Waals surface area contributed by atoms with Crippen molar-refractivity contribution in [2.45, 2.75) is 18.9 Å². The van der Waals surface area contributed by atoms with Crippen molar-refractivity contribution in [1.29, 1.82) is 0 Å². The fourth-order valence-corrected chi connectivity index (χ4v) is 1.69. The highest BCUT2D eigenvalue weighted by Gasteiger charge is 2.25. The summed E-state index contributed by atoms with van der Waals surface area (Å²) in [7, 11) is 0. The second-order valence-electron chi connectivity index (χ2n) is 3.28. The highest BCUT2D eigenvalue weighted by Crippen LogP contribution is 2.32. The van der Waals surface area contributed by atoms with Gasteiger partial charge in [-0.25, -0.2) is 0 Å². The molecule has 1 aliphatic carbocycles. The Morgan fingerprint density at radius 2 is 2.15 bits per heavy atom. The first-order valence-corrected chi connectivity index (χ1v) is 4.19. The molecule has 1 aliphatic rings. The predicted molar refractivity (Wildman–Crippen MR) is 46.4 cm³/mol. The van der Waals surface area contributed by atoms with E-state index in [2.05, 4.69) is 0 Å². The number of carbonyl (C=O) groups is 1. The second-order valence-corrected chi connectivity index (χ2v) is 3.28. The predicted octanol–water partition coefficient (Wildman–Crippen LogP) is 0.941. The van der Waals surface area contributed by atoms with Gasteiger partial charge in [0.05, 0.1) is 6.10 Å². The molecule has 68 valence electrons. The van der Waals surface area contributed by atoms with Gasteiger partial charge in [-0.05, 0) is 11.6 Å². The van der Waals surface area contributed by atoms with Crippen LogP contribution >= 0.6 is 0 Å². The Morgan fingerprint density at radius 3 is 2.92 bits per heavy atom. The maximum atomic E-state index is 11.1. The van der Waals surface area contributed by atoms with Crippen LogP contribution < -0.4 is 0 Å². The molecule has 1 atom stereocenters. The van der Waals surface area contributed by atoms with Gasteiger partial charge >= 0.3 is 0 Å². The number of phenols is 1. The smallest absolute Gasteiger partial charge is 0.140 e. The molecule has 0 aliphatic heterocycles. The van der Waals surface area contributed by atoms with Gasteiger partial charge in [-0.2, -0.15) is 0 Å². The molecule has 0 saturated heterocycles. The number of rotatable bonds is 0. The zero-order chi connectivity index (χ0) is 9.42. The summed E-state index contributed by atoms with van der Waals surface area (Å²) in [6, 6.07) is 4.95. The van der Waals surface area contributed by atoms with Crippen LogP contribution in [0, 0.1) is 0 Å². The SMILES string of the molecule is O=C1Cc2c(O)cccc2[C@@H](O)C1. The van der Waals surface area contributed by atoms with Gasteiger partial charge < -0.3 is 10.2 Å². The van der Waals surface area contributed by atoms with Crippen LogP contribution in [-0.2, 0) is 11.2 Å². The molecule has 1 aromatic rings. The zero-order valence-electron chi connectivity index (χ0n) is 7.03. The third-order valence-electron chi connectivity index (χ3n) is 2.34. The van der Waals surface area contributed by atoms with Crippen LogP contribution in [0.25, 0.3) is 0 Å².